The predicted octanol–water partition coefficient (Wildman–Crippen LogP) is 3.20. The first-order chi connectivity index (χ1) is 9.99. The van der Waals surface area contributed by atoms with Crippen molar-refractivity contribution in [1.29, 1.82) is 0 Å². The highest BCUT2D eigenvalue weighted by Gasteiger charge is 2.43. The first-order valence-electron chi connectivity index (χ1n) is 7.46. The molecule has 1 aromatic carbocycles. The van der Waals surface area contributed by atoms with E-state index in [0.717, 1.165) is 25.7 Å². The summed E-state index contributed by atoms with van der Waals surface area (Å²) in [5.74, 6) is -0.190. The van der Waals surface area contributed by atoms with Crippen molar-refractivity contribution < 1.29 is 14.3 Å². The minimum atomic E-state index is -0.578. The lowest BCUT2D eigenvalue weighted by Crippen LogP contribution is -2.54. The largest absolute Gasteiger partial charge is 0.389 e. The van der Waals surface area contributed by atoms with E-state index in [2.05, 4.69) is 0 Å². The normalized spacial score (nSPS) is 29.1. The summed E-state index contributed by atoms with van der Waals surface area (Å²) < 4.78 is 13.8. The molecule has 1 saturated heterocycles. The van der Waals surface area contributed by atoms with Crippen molar-refractivity contribution in [2.24, 2.45) is 5.92 Å². The predicted molar refractivity (Wildman–Crippen MR) is 86.5 cm³/mol. The summed E-state index contributed by atoms with van der Waals surface area (Å²) in [5.41, 5.74) is -0.0245. The minimum absolute atomic E-state index is 0.0491. The fraction of sp³-hybridized carbons (Fsp3) is 0.562. The maximum absolute atomic E-state index is 13.2. The quantitative estimate of drug-likeness (QED) is 0.732. The van der Waals surface area contributed by atoms with E-state index in [1.165, 1.54) is 12.1 Å². The van der Waals surface area contributed by atoms with Gasteiger partial charge in [0, 0.05) is 22.6 Å². The number of halogens is 2. The molecule has 2 unspecified atom stereocenters. The Hall–Kier alpha value is -0.690. The van der Waals surface area contributed by atoms with Crippen LogP contribution in [0.3, 0.4) is 0 Å². The first kappa shape index (κ1) is 15.2. The van der Waals surface area contributed by atoms with E-state index >= 15 is 0 Å². The molecule has 2 aliphatic rings. The van der Waals surface area contributed by atoms with Crippen LogP contribution in [-0.2, 0) is 0 Å². The highest BCUT2D eigenvalue weighted by Crippen LogP contribution is 2.40. The lowest BCUT2D eigenvalue weighted by Gasteiger charge is -2.47. The zero-order valence-electron chi connectivity index (χ0n) is 11.8. The standard InChI is InChI=1S/C16H19FINO2/c17-12-4-5-13(14(18)9-12)15(20)19-8-7-16(21)6-2-1-3-11(16)10-19/h4-5,9,11,21H,1-3,6-8,10H2. The van der Waals surface area contributed by atoms with Crippen LogP contribution in [0.5, 0.6) is 0 Å². The van der Waals surface area contributed by atoms with Crippen molar-refractivity contribution in [2.75, 3.05) is 13.1 Å². The van der Waals surface area contributed by atoms with E-state index in [0.29, 0.717) is 28.6 Å². The van der Waals surface area contributed by atoms with Gasteiger partial charge in [0.1, 0.15) is 5.82 Å². The molecule has 0 spiro atoms. The lowest BCUT2D eigenvalue weighted by atomic mass is 9.71. The number of hydrogen-bond acceptors (Lipinski definition) is 2. The molecule has 3 nitrogen and oxygen atoms in total. The van der Waals surface area contributed by atoms with Gasteiger partial charge in [-0.05, 0) is 60.1 Å². The Morgan fingerprint density at radius 1 is 1.38 bits per heavy atom. The van der Waals surface area contributed by atoms with Crippen molar-refractivity contribution in [3.05, 3.63) is 33.1 Å². The molecule has 1 aliphatic carbocycles. The number of likely N-dealkylation sites (tertiary alicyclic amines) is 1. The van der Waals surface area contributed by atoms with E-state index in [1.54, 1.807) is 6.07 Å². The molecule has 1 saturated carbocycles. The summed E-state index contributed by atoms with van der Waals surface area (Å²) in [6, 6.07) is 4.27. The van der Waals surface area contributed by atoms with Crippen LogP contribution < -0.4 is 0 Å². The molecule has 1 amide bonds. The van der Waals surface area contributed by atoms with Crippen molar-refractivity contribution in [2.45, 2.75) is 37.7 Å². The van der Waals surface area contributed by atoms with E-state index in [9.17, 15) is 14.3 Å². The smallest absolute Gasteiger partial charge is 0.254 e. The number of carbonyl (C=O) groups excluding carboxylic acids is 1. The Morgan fingerprint density at radius 3 is 2.95 bits per heavy atom. The highest BCUT2D eigenvalue weighted by atomic mass is 127. The number of fused-ring (bicyclic) bond motifs is 1. The summed E-state index contributed by atoms with van der Waals surface area (Å²) in [5, 5.41) is 10.7. The second-order valence-electron chi connectivity index (χ2n) is 6.17. The van der Waals surface area contributed by atoms with Gasteiger partial charge in [0.25, 0.3) is 5.91 Å². The molecule has 3 rings (SSSR count). The molecule has 0 radical (unpaired) electrons. The molecule has 1 N–H and O–H groups in total. The monoisotopic (exact) mass is 403 g/mol. The van der Waals surface area contributed by atoms with Crippen LogP contribution in [0.25, 0.3) is 0 Å². The van der Waals surface area contributed by atoms with Crippen LogP contribution >= 0.6 is 22.6 Å². The first-order valence-corrected chi connectivity index (χ1v) is 8.54. The van der Waals surface area contributed by atoms with Gasteiger partial charge in [0.2, 0.25) is 0 Å². The Balaban J connectivity index is 1.77. The van der Waals surface area contributed by atoms with Crippen LogP contribution in [0.2, 0.25) is 0 Å². The van der Waals surface area contributed by atoms with E-state index in [1.807, 2.05) is 27.5 Å². The van der Waals surface area contributed by atoms with Crippen molar-refractivity contribution in [1.82, 2.24) is 4.90 Å². The average molecular weight is 403 g/mol. The molecule has 0 aromatic heterocycles. The number of hydrogen-bond donors (Lipinski definition) is 1. The zero-order chi connectivity index (χ0) is 15.0. The Morgan fingerprint density at radius 2 is 2.19 bits per heavy atom. The summed E-state index contributed by atoms with van der Waals surface area (Å²) in [6.07, 6.45) is 4.70. The van der Waals surface area contributed by atoms with Gasteiger partial charge in [-0.1, -0.05) is 12.8 Å². The lowest BCUT2D eigenvalue weighted by molar-refractivity contribution is -0.0886. The fourth-order valence-electron chi connectivity index (χ4n) is 3.59. The zero-order valence-corrected chi connectivity index (χ0v) is 14.0. The number of benzene rings is 1. The van der Waals surface area contributed by atoms with Gasteiger partial charge in [-0.15, -0.1) is 0 Å². The van der Waals surface area contributed by atoms with E-state index in [4.69, 9.17) is 0 Å². The number of piperidine rings is 1. The maximum atomic E-state index is 13.2. The SMILES string of the molecule is O=C(c1ccc(F)cc1I)N1CCC2(O)CCCCC2C1. The van der Waals surface area contributed by atoms with Gasteiger partial charge in [0.15, 0.2) is 0 Å². The molecule has 5 heteroatoms. The van der Waals surface area contributed by atoms with Gasteiger partial charge in [-0.2, -0.15) is 0 Å². The van der Waals surface area contributed by atoms with Gasteiger partial charge in [-0.3, -0.25) is 4.79 Å². The molecular formula is C16H19FINO2. The molecule has 2 fully saturated rings. The summed E-state index contributed by atoms with van der Waals surface area (Å²) in [6.45, 7) is 1.20. The van der Waals surface area contributed by atoms with E-state index < -0.39 is 5.60 Å². The van der Waals surface area contributed by atoms with Gasteiger partial charge < -0.3 is 10.0 Å². The minimum Gasteiger partial charge on any atom is -0.389 e. The number of rotatable bonds is 1. The van der Waals surface area contributed by atoms with Crippen molar-refractivity contribution >= 4 is 28.5 Å². The Labute approximate surface area is 137 Å². The topological polar surface area (TPSA) is 40.5 Å². The average Bonchev–Trinajstić information content (AvgIpc) is 2.45. The third-order valence-corrected chi connectivity index (χ3v) is 5.77. The molecule has 2 atom stereocenters. The van der Waals surface area contributed by atoms with Crippen LogP contribution in [-0.4, -0.2) is 34.6 Å². The molecule has 1 aromatic rings. The number of nitrogens with zero attached hydrogens (tertiary/aromatic N) is 1. The second-order valence-corrected chi connectivity index (χ2v) is 7.33. The van der Waals surface area contributed by atoms with Gasteiger partial charge in [-0.25, -0.2) is 4.39 Å². The van der Waals surface area contributed by atoms with E-state index in [-0.39, 0.29) is 17.6 Å². The molecule has 21 heavy (non-hydrogen) atoms. The summed E-state index contributed by atoms with van der Waals surface area (Å²) >= 11 is 2.00. The maximum Gasteiger partial charge on any atom is 0.254 e. The summed E-state index contributed by atoms with van der Waals surface area (Å²) in [7, 11) is 0. The summed E-state index contributed by atoms with van der Waals surface area (Å²) in [4.78, 5) is 14.4. The molecule has 1 heterocycles. The van der Waals surface area contributed by atoms with Gasteiger partial charge in [0.05, 0.1) is 11.2 Å². The fourth-order valence-corrected chi connectivity index (χ4v) is 4.30. The van der Waals surface area contributed by atoms with Crippen LogP contribution in [0.15, 0.2) is 18.2 Å². The van der Waals surface area contributed by atoms with Crippen LogP contribution in [0.4, 0.5) is 4.39 Å². The van der Waals surface area contributed by atoms with Crippen LogP contribution in [0.1, 0.15) is 42.5 Å². The molecule has 1 aliphatic heterocycles. The molecule has 114 valence electrons. The number of carbonyl (C=O) groups is 1. The Bertz CT molecular complexity index is 565. The number of amides is 1. The van der Waals surface area contributed by atoms with Gasteiger partial charge >= 0.3 is 0 Å². The Kier molecular flexibility index (Phi) is 4.23. The molecule has 0 bridgehead atoms. The third kappa shape index (κ3) is 2.95. The third-order valence-electron chi connectivity index (χ3n) is 4.88. The highest BCUT2D eigenvalue weighted by molar-refractivity contribution is 14.1. The van der Waals surface area contributed by atoms with Crippen LogP contribution in [0, 0.1) is 15.3 Å². The second kappa shape index (κ2) is 5.83. The van der Waals surface area contributed by atoms with Crippen molar-refractivity contribution in [3.8, 4) is 0 Å². The van der Waals surface area contributed by atoms with Crippen molar-refractivity contribution in [3.63, 3.8) is 0 Å². The molecular weight excluding hydrogens is 384 g/mol. The number of aliphatic hydroxyl groups is 1.